The summed E-state index contributed by atoms with van der Waals surface area (Å²) in [6, 6.07) is 0. The molecule has 0 fully saturated rings. The molecule has 0 aliphatic heterocycles. The van der Waals surface area contributed by atoms with Crippen LogP contribution in [0.1, 0.15) is 28.8 Å². The van der Waals surface area contributed by atoms with Gasteiger partial charge in [0.15, 0.2) is 11.2 Å². The average molecular weight is 273 g/mol. The van der Waals surface area contributed by atoms with E-state index in [1.165, 1.54) is 7.05 Å². The summed E-state index contributed by atoms with van der Waals surface area (Å²) in [5.41, 5.74) is -2.02. The molecule has 19 heavy (non-hydrogen) atoms. The summed E-state index contributed by atoms with van der Waals surface area (Å²) in [7, 11) is 1.32. The van der Waals surface area contributed by atoms with Gasteiger partial charge < -0.3 is 9.67 Å². The van der Waals surface area contributed by atoms with Crippen LogP contribution in [0.3, 0.4) is 0 Å². The molecule has 0 amide bonds. The molecule has 0 radical (unpaired) electrons. The van der Waals surface area contributed by atoms with Gasteiger partial charge in [-0.1, -0.05) is 0 Å². The molecular weight excluding hydrogens is 248 g/mol. The van der Waals surface area contributed by atoms with Crippen LogP contribution in [0.15, 0.2) is 15.9 Å². The molecule has 0 aliphatic carbocycles. The first-order valence-electron chi connectivity index (χ1n) is 9.08. The normalized spacial score (nSPS) is 18.9. The van der Waals surface area contributed by atoms with Gasteiger partial charge in [-0.2, -0.15) is 0 Å². The lowest BCUT2D eigenvalue weighted by Gasteiger charge is -2.08. The van der Waals surface area contributed by atoms with Gasteiger partial charge in [0.1, 0.15) is 0 Å². The summed E-state index contributed by atoms with van der Waals surface area (Å²) in [5, 5.41) is 9.19. The number of hydrogen-bond donors (Lipinski definition) is 1. The largest absolute Gasteiger partial charge is 0.396 e. The molecule has 0 saturated carbocycles. The van der Waals surface area contributed by atoms with Gasteiger partial charge in [0.05, 0.1) is 9.07 Å². The number of rotatable bonds is 5. The van der Waals surface area contributed by atoms with Gasteiger partial charge in [-0.3, -0.25) is 13.9 Å². The van der Waals surface area contributed by atoms with E-state index in [9.17, 15) is 14.7 Å². The fraction of sp³-hybridized carbons (Fsp3) is 0.583. The Bertz CT molecular complexity index is 936. The van der Waals surface area contributed by atoms with E-state index in [2.05, 4.69) is 4.98 Å². The number of nitrogens with zero attached hydrogens (tertiary/aromatic N) is 4. The maximum atomic E-state index is 12.6. The minimum Gasteiger partial charge on any atom is -0.396 e. The monoisotopic (exact) mass is 273 g/mol. The number of aliphatic hydroxyl groups is 1. The first-order chi connectivity index (χ1) is 11.7. The van der Waals surface area contributed by atoms with Crippen molar-refractivity contribution < 1.29 is 14.7 Å². The SMILES string of the molecule is [2H]C([2H])([2H])n1cnc2c1c(=O)n(CCCC([2H])([2H])C([2H])([2H])O)c(=O)n2C. The van der Waals surface area contributed by atoms with Crippen LogP contribution in [0.4, 0.5) is 0 Å². The van der Waals surface area contributed by atoms with Gasteiger partial charge in [-0.25, -0.2) is 9.78 Å². The van der Waals surface area contributed by atoms with E-state index in [0.717, 1.165) is 15.5 Å². The van der Waals surface area contributed by atoms with Gasteiger partial charge in [0, 0.05) is 34.0 Å². The summed E-state index contributed by atoms with van der Waals surface area (Å²) < 4.78 is 53.9. The molecule has 0 atom stereocenters. The molecule has 0 aliphatic rings. The van der Waals surface area contributed by atoms with Crippen molar-refractivity contribution in [2.24, 2.45) is 14.0 Å². The zero-order valence-electron chi connectivity index (χ0n) is 17.3. The second-order valence-corrected chi connectivity index (χ2v) is 3.98. The lowest BCUT2D eigenvalue weighted by Crippen LogP contribution is -2.39. The topological polar surface area (TPSA) is 82.1 Å². The van der Waals surface area contributed by atoms with Gasteiger partial charge in [-0.05, 0) is 19.2 Å². The zero-order valence-corrected chi connectivity index (χ0v) is 10.3. The minimum absolute atomic E-state index is 0.0885. The van der Waals surface area contributed by atoms with Crippen molar-refractivity contribution in [1.29, 1.82) is 0 Å². The molecule has 0 unspecified atom stereocenters. The molecule has 2 heterocycles. The van der Waals surface area contributed by atoms with Gasteiger partial charge in [0.25, 0.3) is 5.56 Å². The smallest absolute Gasteiger partial charge is 0.332 e. The number of fused-ring (bicyclic) bond motifs is 1. The van der Waals surface area contributed by atoms with Crippen molar-refractivity contribution in [2.75, 3.05) is 6.56 Å². The molecule has 7 heteroatoms. The molecular formula is C12H18N4O3. The standard InChI is InChI=1S/C12H18N4O3/c1-14-8-13-10-9(14)11(18)16(12(19)15(10)2)6-4-3-5-7-17/h8,17H,3-7H2,1-2H3/i1D3,5D2,7D2. The van der Waals surface area contributed by atoms with Crippen molar-refractivity contribution in [1.82, 2.24) is 18.7 Å². The summed E-state index contributed by atoms with van der Waals surface area (Å²) in [4.78, 5) is 28.7. The molecule has 104 valence electrons. The quantitative estimate of drug-likeness (QED) is 0.803. The van der Waals surface area contributed by atoms with E-state index in [0.29, 0.717) is 4.57 Å². The Hall–Kier alpha value is -1.89. The molecule has 0 saturated heterocycles. The Kier molecular flexibility index (Phi) is 2.00. The van der Waals surface area contributed by atoms with Gasteiger partial charge >= 0.3 is 5.69 Å². The van der Waals surface area contributed by atoms with E-state index < -0.39 is 37.6 Å². The van der Waals surface area contributed by atoms with Crippen LogP contribution in [-0.4, -0.2) is 30.4 Å². The van der Waals surface area contributed by atoms with Gasteiger partial charge in [0.2, 0.25) is 0 Å². The second kappa shape index (κ2) is 5.40. The maximum Gasteiger partial charge on any atom is 0.332 e. The van der Waals surface area contributed by atoms with Crippen molar-refractivity contribution in [3.8, 4) is 0 Å². The molecule has 2 aromatic rings. The fourth-order valence-corrected chi connectivity index (χ4v) is 1.85. The van der Waals surface area contributed by atoms with Crippen LogP contribution in [-0.2, 0) is 20.6 Å². The van der Waals surface area contributed by atoms with Crippen LogP contribution in [0.2, 0.25) is 0 Å². The summed E-state index contributed by atoms with van der Waals surface area (Å²) in [6.45, 7) is -6.02. The number of aromatic nitrogens is 4. The minimum atomic E-state index is -3.08. The van der Waals surface area contributed by atoms with Crippen molar-refractivity contribution >= 4 is 11.2 Å². The fourth-order valence-electron chi connectivity index (χ4n) is 1.85. The van der Waals surface area contributed by atoms with Crippen molar-refractivity contribution in [3.05, 3.63) is 27.2 Å². The predicted octanol–water partition coefficient (Wildman–Crippen LogP) is -0.404. The Labute approximate surface area is 119 Å². The van der Waals surface area contributed by atoms with E-state index >= 15 is 0 Å². The number of hydrogen-bond acceptors (Lipinski definition) is 4. The molecule has 7 nitrogen and oxygen atoms in total. The Balaban J connectivity index is 2.46. The highest BCUT2D eigenvalue weighted by molar-refractivity contribution is 5.69. The average Bonchev–Trinajstić information content (AvgIpc) is 2.92. The van der Waals surface area contributed by atoms with Crippen molar-refractivity contribution in [2.45, 2.75) is 25.8 Å². The predicted molar refractivity (Wildman–Crippen MR) is 71.2 cm³/mol. The van der Waals surface area contributed by atoms with E-state index in [1.807, 2.05) is 0 Å². The lowest BCUT2D eigenvalue weighted by molar-refractivity contribution is 0.281. The molecule has 2 rings (SSSR count). The van der Waals surface area contributed by atoms with E-state index in [1.54, 1.807) is 0 Å². The second-order valence-electron chi connectivity index (χ2n) is 3.98. The zero-order chi connectivity index (χ0) is 20.1. The first kappa shape index (κ1) is 7.04. The highest BCUT2D eigenvalue weighted by Crippen LogP contribution is 2.03. The third kappa shape index (κ3) is 2.33. The van der Waals surface area contributed by atoms with Crippen LogP contribution >= 0.6 is 0 Å². The Morgan fingerprint density at radius 3 is 2.95 bits per heavy atom. The van der Waals surface area contributed by atoms with Crippen molar-refractivity contribution in [3.63, 3.8) is 0 Å². The van der Waals surface area contributed by atoms with Crippen LogP contribution in [0.25, 0.3) is 11.2 Å². The van der Waals surface area contributed by atoms with Crippen LogP contribution in [0, 0.1) is 0 Å². The first-order valence-corrected chi connectivity index (χ1v) is 5.58. The lowest BCUT2D eigenvalue weighted by atomic mass is 10.2. The number of imidazole rings is 1. The molecule has 1 N–H and O–H groups in total. The van der Waals surface area contributed by atoms with Crippen LogP contribution in [0.5, 0.6) is 0 Å². The van der Waals surface area contributed by atoms with Crippen LogP contribution < -0.4 is 11.2 Å². The van der Waals surface area contributed by atoms with Gasteiger partial charge in [-0.15, -0.1) is 0 Å². The highest BCUT2D eigenvalue weighted by Gasteiger charge is 2.14. The third-order valence-electron chi connectivity index (χ3n) is 2.79. The molecule has 0 aromatic carbocycles. The maximum absolute atomic E-state index is 12.6. The molecule has 2 aromatic heterocycles. The highest BCUT2D eigenvalue weighted by atomic mass is 16.3. The van der Waals surface area contributed by atoms with E-state index in [4.69, 9.17) is 9.60 Å². The number of aryl methyl sites for hydroxylation is 2. The van der Waals surface area contributed by atoms with E-state index in [-0.39, 0.29) is 24.1 Å². The Morgan fingerprint density at radius 1 is 1.47 bits per heavy atom. The summed E-state index contributed by atoms with van der Waals surface area (Å²) in [6.07, 6.45) is -2.22. The Morgan fingerprint density at radius 2 is 2.26 bits per heavy atom. The summed E-state index contributed by atoms with van der Waals surface area (Å²) in [5.74, 6) is 0. The molecule has 0 spiro atoms. The third-order valence-corrected chi connectivity index (χ3v) is 2.79. The molecule has 0 bridgehead atoms. The summed E-state index contributed by atoms with van der Waals surface area (Å²) >= 11 is 0.